The molecule has 7 heteroatoms. The molecule has 1 aromatic carbocycles. The lowest BCUT2D eigenvalue weighted by Crippen LogP contribution is -2.50. The smallest absolute Gasteiger partial charge is 0.207 e. The molecule has 0 radical (unpaired) electrons. The van der Waals surface area contributed by atoms with Gasteiger partial charge in [0.25, 0.3) is 0 Å². The number of pyridine rings is 1. The third-order valence-electron chi connectivity index (χ3n) is 5.00. The number of anilines is 1. The molecule has 0 aliphatic carbocycles. The highest BCUT2D eigenvalue weighted by Gasteiger charge is 2.30. The zero-order valence-electron chi connectivity index (χ0n) is 14.5. The van der Waals surface area contributed by atoms with Crippen molar-refractivity contribution in [3.05, 3.63) is 53.3 Å². The van der Waals surface area contributed by atoms with Crippen molar-refractivity contribution in [2.45, 2.75) is 31.6 Å². The summed E-state index contributed by atoms with van der Waals surface area (Å²) in [5.74, 6) is 0.804. The summed E-state index contributed by atoms with van der Waals surface area (Å²) in [4.78, 5) is 11.4. The van der Waals surface area contributed by atoms with Crippen LogP contribution >= 0.6 is 11.6 Å². The number of nitrogens with zero attached hydrogens (tertiary/aromatic N) is 4. The number of fused-ring (bicyclic) bond motifs is 1. The first-order chi connectivity index (χ1) is 12.5. The highest BCUT2D eigenvalue weighted by atomic mass is 35.5. The number of hydrogen-bond acceptors (Lipinski definition) is 4. The number of rotatable bonds is 3. The largest absolute Gasteiger partial charge is 0.340 e. The summed E-state index contributed by atoms with van der Waals surface area (Å²) in [7, 11) is 0. The first-order valence-electron chi connectivity index (χ1n) is 8.77. The Morgan fingerprint density at radius 3 is 2.81 bits per heavy atom. The maximum absolute atomic E-state index is 13.8. The summed E-state index contributed by atoms with van der Waals surface area (Å²) in [6.07, 6.45) is 1.11. The quantitative estimate of drug-likeness (QED) is 0.762. The lowest BCUT2D eigenvalue weighted by Gasteiger charge is -2.34. The van der Waals surface area contributed by atoms with E-state index in [4.69, 9.17) is 22.3 Å². The van der Waals surface area contributed by atoms with Crippen LogP contribution in [0.2, 0.25) is 5.02 Å². The number of piperidine rings is 1. The number of alkyl halides is 1. The van der Waals surface area contributed by atoms with Gasteiger partial charge in [0.1, 0.15) is 6.17 Å². The number of aromatic nitrogens is 3. The fraction of sp³-hybridized carbons (Fsp3) is 0.368. The van der Waals surface area contributed by atoms with Crippen LogP contribution in [0.4, 0.5) is 10.3 Å². The van der Waals surface area contributed by atoms with E-state index < -0.39 is 12.2 Å². The van der Waals surface area contributed by atoms with Gasteiger partial charge in [0, 0.05) is 19.3 Å². The number of halogens is 2. The topological polar surface area (TPSA) is 60.0 Å². The summed E-state index contributed by atoms with van der Waals surface area (Å²) in [5.41, 5.74) is 8.78. The standard InChI is InChI=1S/C19H21ClFN5/c1-12(16-7-6-13(20)10-23-16)26-18-5-3-2-4-17(18)24-19(26)25-9-8-14(21)15(22)11-25/h2-7,10,12,14-15H,8-9,11,22H2,1H3/t12?,14?,15-/m1/s1. The zero-order valence-corrected chi connectivity index (χ0v) is 15.3. The summed E-state index contributed by atoms with van der Waals surface area (Å²) >= 11 is 5.98. The predicted molar refractivity (Wildman–Crippen MR) is 102 cm³/mol. The van der Waals surface area contributed by atoms with Gasteiger partial charge in [-0.2, -0.15) is 0 Å². The van der Waals surface area contributed by atoms with Gasteiger partial charge in [0.05, 0.1) is 33.8 Å². The Balaban J connectivity index is 1.80. The summed E-state index contributed by atoms with van der Waals surface area (Å²) < 4.78 is 16.0. The second kappa shape index (κ2) is 6.85. The Morgan fingerprint density at radius 2 is 2.08 bits per heavy atom. The van der Waals surface area contributed by atoms with Crippen molar-refractivity contribution in [2.75, 3.05) is 18.0 Å². The van der Waals surface area contributed by atoms with Gasteiger partial charge >= 0.3 is 0 Å². The van der Waals surface area contributed by atoms with Crippen molar-refractivity contribution in [2.24, 2.45) is 5.73 Å². The molecule has 5 nitrogen and oxygen atoms in total. The zero-order chi connectivity index (χ0) is 18.3. The maximum atomic E-state index is 13.8. The molecule has 1 fully saturated rings. The van der Waals surface area contributed by atoms with Gasteiger partial charge in [-0.3, -0.25) is 4.98 Å². The van der Waals surface area contributed by atoms with Crippen molar-refractivity contribution >= 4 is 28.6 Å². The lowest BCUT2D eigenvalue weighted by atomic mass is 10.1. The molecule has 136 valence electrons. The molecule has 0 saturated carbocycles. The van der Waals surface area contributed by atoms with E-state index in [0.717, 1.165) is 22.7 Å². The molecule has 3 aromatic rings. The van der Waals surface area contributed by atoms with Crippen LogP contribution in [0.15, 0.2) is 42.6 Å². The molecule has 3 heterocycles. The first-order valence-corrected chi connectivity index (χ1v) is 9.15. The Kier molecular flexibility index (Phi) is 4.54. The number of para-hydroxylation sites is 2. The van der Waals surface area contributed by atoms with Crippen LogP contribution in [-0.4, -0.2) is 39.8 Å². The van der Waals surface area contributed by atoms with Gasteiger partial charge in [-0.15, -0.1) is 0 Å². The molecule has 0 amide bonds. The van der Waals surface area contributed by atoms with E-state index in [0.29, 0.717) is 24.5 Å². The number of imidazole rings is 1. The van der Waals surface area contributed by atoms with E-state index in [1.165, 1.54) is 0 Å². The molecular weight excluding hydrogens is 353 g/mol. The Hall–Kier alpha value is -2.18. The predicted octanol–water partition coefficient (Wildman–Crippen LogP) is 3.57. The van der Waals surface area contributed by atoms with E-state index >= 15 is 0 Å². The van der Waals surface area contributed by atoms with Gasteiger partial charge in [-0.25, -0.2) is 9.37 Å². The number of hydrogen-bond donors (Lipinski definition) is 1. The highest BCUT2D eigenvalue weighted by molar-refractivity contribution is 6.30. The lowest BCUT2D eigenvalue weighted by molar-refractivity contribution is 0.243. The van der Waals surface area contributed by atoms with Crippen molar-refractivity contribution in [3.8, 4) is 0 Å². The van der Waals surface area contributed by atoms with Gasteiger partial charge in [0.2, 0.25) is 5.95 Å². The van der Waals surface area contributed by atoms with E-state index in [1.807, 2.05) is 36.4 Å². The summed E-state index contributed by atoms with van der Waals surface area (Å²) in [6.45, 7) is 3.12. The van der Waals surface area contributed by atoms with E-state index in [-0.39, 0.29) is 6.04 Å². The second-order valence-corrected chi connectivity index (χ2v) is 7.20. The Bertz CT molecular complexity index is 910. The molecule has 0 bridgehead atoms. The van der Waals surface area contributed by atoms with E-state index in [9.17, 15) is 4.39 Å². The molecule has 3 atom stereocenters. The molecule has 2 unspecified atom stereocenters. The van der Waals surface area contributed by atoms with Gasteiger partial charge in [-0.1, -0.05) is 23.7 Å². The minimum Gasteiger partial charge on any atom is -0.340 e. The fourth-order valence-corrected chi connectivity index (χ4v) is 3.65. The molecule has 1 aliphatic rings. The SMILES string of the molecule is CC(c1ccc(Cl)cn1)n1c(N2CCC(F)[C@H](N)C2)nc2ccccc21. The molecule has 26 heavy (non-hydrogen) atoms. The van der Waals surface area contributed by atoms with Gasteiger partial charge in [-0.05, 0) is 37.6 Å². The van der Waals surface area contributed by atoms with Gasteiger partial charge < -0.3 is 15.2 Å². The third-order valence-corrected chi connectivity index (χ3v) is 5.22. The molecule has 1 aliphatic heterocycles. The van der Waals surface area contributed by atoms with Crippen LogP contribution in [0.5, 0.6) is 0 Å². The molecule has 1 saturated heterocycles. The number of nitrogens with two attached hydrogens (primary N) is 1. The monoisotopic (exact) mass is 373 g/mol. The highest BCUT2D eigenvalue weighted by Crippen LogP contribution is 2.31. The average molecular weight is 374 g/mol. The van der Waals surface area contributed by atoms with Crippen molar-refractivity contribution in [1.82, 2.24) is 14.5 Å². The molecule has 2 aromatic heterocycles. The van der Waals surface area contributed by atoms with Gasteiger partial charge in [0.15, 0.2) is 0 Å². The maximum Gasteiger partial charge on any atom is 0.207 e. The van der Waals surface area contributed by atoms with Crippen molar-refractivity contribution in [3.63, 3.8) is 0 Å². The molecule has 0 spiro atoms. The number of benzene rings is 1. The van der Waals surface area contributed by atoms with Crippen LogP contribution in [0, 0.1) is 0 Å². The minimum absolute atomic E-state index is 0.0472. The molecule has 2 N–H and O–H groups in total. The van der Waals surface area contributed by atoms with Crippen LogP contribution in [-0.2, 0) is 0 Å². The van der Waals surface area contributed by atoms with Crippen molar-refractivity contribution in [1.29, 1.82) is 0 Å². The summed E-state index contributed by atoms with van der Waals surface area (Å²) in [5, 5.41) is 0.604. The molecular formula is C19H21ClFN5. The average Bonchev–Trinajstić information content (AvgIpc) is 3.03. The van der Waals surface area contributed by atoms with E-state index in [1.54, 1.807) is 6.20 Å². The minimum atomic E-state index is -0.959. The van der Waals surface area contributed by atoms with Crippen molar-refractivity contribution < 1.29 is 4.39 Å². The van der Waals surface area contributed by atoms with Crippen LogP contribution < -0.4 is 10.6 Å². The Labute approximate surface area is 156 Å². The third kappa shape index (κ3) is 3.04. The molecule has 4 rings (SSSR count). The van der Waals surface area contributed by atoms with Crippen LogP contribution in [0.3, 0.4) is 0 Å². The fourth-order valence-electron chi connectivity index (χ4n) is 3.54. The normalized spacial score (nSPS) is 21.9. The first kappa shape index (κ1) is 17.2. The van der Waals surface area contributed by atoms with Crippen LogP contribution in [0.25, 0.3) is 11.0 Å². The van der Waals surface area contributed by atoms with Crippen LogP contribution in [0.1, 0.15) is 25.1 Å². The van der Waals surface area contributed by atoms with E-state index in [2.05, 4.69) is 21.4 Å². The summed E-state index contributed by atoms with van der Waals surface area (Å²) in [6, 6.07) is 11.2. The Morgan fingerprint density at radius 1 is 1.27 bits per heavy atom. The second-order valence-electron chi connectivity index (χ2n) is 6.76.